The first-order valence-corrected chi connectivity index (χ1v) is 3.78. The van der Waals surface area contributed by atoms with Crippen LogP contribution in [0.3, 0.4) is 0 Å². The highest BCUT2D eigenvalue weighted by Crippen LogP contribution is 1.95. The van der Waals surface area contributed by atoms with Crippen molar-refractivity contribution in [3.8, 4) is 0 Å². The van der Waals surface area contributed by atoms with Crippen molar-refractivity contribution in [1.82, 2.24) is 0 Å². The van der Waals surface area contributed by atoms with Crippen LogP contribution >= 0.6 is 0 Å². The van der Waals surface area contributed by atoms with Crippen LogP contribution in [0.1, 0.15) is 19.8 Å². The standard InChI is InChI=1S/C8H18NO.HI/c1-5-6-8(10)7-9(2,3)4;/h5-7H2,1-4H3;1H/q+1;/p-1. The number of hydrogen-bond acceptors (Lipinski definition) is 1. The highest BCUT2D eigenvalue weighted by molar-refractivity contribution is 5.79. The lowest BCUT2D eigenvalue weighted by Gasteiger charge is -2.22. The minimum atomic E-state index is 0. The van der Waals surface area contributed by atoms with E-state index in [1.165, 1.54) is 0 Å². The number of carbonyl (C=O) groups is 1. The molecular weight excluding hydrogens is 253 g/mol. The van der Waals surface area contributed by atoms with Gasteiger partial charge in [-0.2, -0.15) is 0 Å². The molecule has 11 heavy (non-hydrogen) atoms. The fraction of sp³-hybridized carbons (Fsp3) is 0.875. The molecule has 2 nitrogen and oxygen atoms in total. The first kappa shape index (κ1) is 13.9. The molecule has 3 heteroatoms. The fourth-order valence-electron chi connectivity index (χ4n) is 0.887. The molecule has 0 spiro atoms. The third-order valence-electron chi connectivity index (χ3n) is 1.18. The van der Waals surface area contributed by atoms with Gasteiger partial charge >= 0.3 is 0 Å². The van der Waals surface area contributed by atoms with Gasteiger partial charge in [-0.15, -0.1) is 0 Å². The Bertz CT molecular complexity index is 118. The highest BCUT2D eigenvalue weighted by atomic mass is 127. The van der Waals surface area contributed by atoms with Crippen LogP contribution in [0.15, 0.2) is 0 Å². The van der Waals surface area contributed by atoms with E-state index in [1.807, 2.05) is 28.1 Å². The third-order valence-corrected chi connectivity index (χ3v) is 1.18. The molecule has 0 aliphatic rings. The van der Waals surface area contributed by atoms with Gasteiger partial charge in [0.05, 0.1) is 21.1 Å². The zero-order valence-electron chi connectivity index (χ0n) is 7.85. The summed E-state index contributed by atoms with van der Waals surface area (Å²) in [6.07, 6.45) is 1.70. The van der Waals surface area contributed by atoms with E-state index in [0.717, 1.165) is 17.3 Å². The van der Waals surface area contributed by atoms with Gasteiger partial charge in [0.25, 0.3) is 0 Å². The summed E-state index contributed by atoms with van der Waals surface area (Å²) in [6, 6.07) is 0. The van der Waals surface area contributed by atoms with Crippen LogP contribution in [-0.2, 0) is 4.79 Å². The van der Waals surface area contributed by atoms with Gasteiger partial charge in [0.15, 0.2) is 5.78 Å². The summed E-state index contributed by atoms with van der Waals surface area (Å²) >= 11 is 0. The minimum absolute atomic E-state index is 0. The van der Waals surface area contributed by atoms with E-state index in [1.54, 1.807) is 0 Å². The lowest BCUT2D eigenvalue weighted by atomic mass is 10.2. The number of carbonyl (C=O) groups excluding carboxylic acids is 1. The van der Waals surface area contributed by atoms with E-state index < -0.39 is 0 Å². The Labute approximate surface area is 86.6 Å². The molecule has 0 rings (SSSR count). The summed E-state index contributed by atoms with van der Waals surface area (Å²) < 4.78 is 0.749. The predicted molar refractivity (Wildman–Crippen MR) is 42.8 cm³/mol. The normalized spacial score (nSPS) is 10.5. The van der Waals surface area contributed by atoms with Gasteiger partial charge in [-0.25, -0.2) is 0 Å². The van der Waals surface area contributed by atoms with Crippen LogP contribution in [0.5, 0.6) is 0 Å². The number of hydrogen-bond donors (Lipinski definition) is 0. The van der Waals surface area contributed by atoms with Gasteiger partial charge in [-0.05, 0) is 6.42 Å². The number of halogens is 1. The zero-order chi connectivity index (χ0) is 8.20. The predicted octanol–water partition coefficient (Wildman–Crippen LogP) is -1.93. The lowest BCUT2D eigenvalue weighted by molar-refractivity contribution is -0.862. The van der Waals surface area contributed by atoms with Gasteiger partial charge in [-0.3, -0.25) is 4.79 Å². The maximum atomic E-state index is 11.0. The lowest BCUT2D eigenvalue weighted by Crippen LogP contribution is -3.00. The van der Waals surface area contributed by atoms with Crippen LogP contribution in [-0.4, -0.2) is 38.0 Å². The largest absolute Gasteiger partial charge is 1.00 e. The average Bonchev–Trinajstić information content (AvgIpc) is 1.59. The minimum Gasteiger partial charge on any atom is -1.00 e. The molecule has 0 bridgehead atoms. The van der Waals surface area contributed by atoms with Crippen LogP contribution < -0.4 is 24.0 Å². The second kappa shape index (κ2) is 5.94. The zero-order valence-corrected chi connectivity index (χ0v) is 10.0. The molecule has 0 aromatic carbocycles. The smallest absolute Gasteiger partial charge is 0.186 e. The van der Waals surface area contributed by atoms with Crippen LogP contribution in [0.4, 0.5) is 0 Å². The van der Waals surface area contributed by atoms with Gasteiger partial charge in [-0.1, -0.05) is 6.92 Å². The molecule has 0 aliphatic heterocycles. The Morgan fingerprint density at radius 2 is 1.73 bits per heavy atom. The van der Waals surface area contributed by atoms with E-state index in [-0.39, 0.29) is 24.0 Å². The van der Waals surface area contributed by atoms with E-state index in [2.05, 4.69) is 0 Å². The first-order valence-electron chi connectivity index (χ1n) is 3.78. The van der Waals surface area contributed by atoms with Gasteiger partial charge < -0.3 is 28.5 Å². The molecule has 0 amide bonds. The average molecular weight is 271 g/mol. The summed E-state index contributed by atoms with van der Waals surface area (Å²) in [4.78, 5) is 11.0. The van der Waals surface area contributed by atoms with Gasteiger partial charge in [0.2, 0.25) is 0 Å². The number of ketones is 1. The van der Waals surface area contributed by atoms with Crippen molar-refractivity contribution in [1.29, 1.82) is 0 Å². The van der Waals surface area contributed by atoms with Crippen LogP contribution in [0.25, 0.3) is 0 Å². The Balaban J connectivity index is 0. The first-order chi connectivity index (χ1) is 4.45. The van der Waals surface area contributed by atoms with E-state index in [0.29, 0.717) is 12.3 Å². The van der Waals surface area contributed by atoms with Crippen molar-refractivity contribution in [3.63, 3.8) is 0 Å². The van der Waals surface area contributed by atoms with Crippen molar-refractivity contribution in [2.45, 2.75) is 19.8 Å². The van der Waals surface area contributed by atoms with Crippen molar-refractivity contribution in [2.75, 3.05) is 27.7 Å². The molecule has 0 saturated carbocycles. The summed E-state index contributed by atoms with van der Waals surface area (Å²) in [7, 11) is 6.11. The quantitative estimate of drug-likeness (QED) is 0.430. The summed E-state index contributed by atoms with van der Waals surface area (Å²) in [5.41, 5.74) is 0. The Morgan fingerprint density at radius 1 is 1.27 bits per heavy atom. The Kier molecular flexibility index (Phi) is 7.52. The van der Waals surface area contributed by atoms with Crippen molar-refractivity contribution >= 4 is 5.78 Å². The molecule has 0 aliphatic carbocycles. The van der Waals surface area contributed by atoms with Crippen molar-refractivity contribution in [2.24, 2.45) is 0 Å². The molecule has 0 heterocycles. The van der Waals surface area contributed by atoms with E-state index >= 15 is 0 Å². The van der Waals surface area contributed by atoms with Gasteiger partial charge in [0.1, 0.15) is 6.54 Å². The molecule has 0 aromatic rings. The van der Waals surface area contributed by atoms with E-state index in [4.69, 9.17) is 0 Å². The SMILES string of the molecule is CCCC(=O)C[N+](C)(C)C.[I-]. The topological polar surface area (TPSA) is 17.1 Å². The van der Waals surface area contributed by atoms with E-state index in [9.17, 15) is 4.79 Å². The third kappa shape index (κ3) is 10.4. The Morgan fingerprint density at radius 3 is 2.00 bits per heavy atom. The number of rotatable bonds is 4. The Hall–Kier alpha value is 0.360. The second-order valence-corrected chi connectivity index (χ2v) is 3.74. The van der Waals surface area contributed by atoms with Crippen LogP contribution in [0, 0.1) is 0 Å². The maximum Gasteiger partial charge on any atom is 0.186 e. The molecule has 0 aromatic heterocycles. The molecule has 0 radical (unpaired) electrons. The highest BCUT2D eigenvalue weighted by Gasteiger charge is 2.12. The molecule has 0 N–H and O–H groups in total. The molecule has 0 saturated heterocycles. The molecule has 0 atom stereocenters. The molecule has 0 unspecified atom stereocenters. The maximum absolute atomic E-state index is 11.0. The van der Waals surface area contributed by atoms with Crippen LogP contribution in [0.2, 0.25) is 0 Å². The summed E-state index contributed by atoms with van der Waals surface area (Å²) in [5.74, 6) is 0.370. The summed E-state index contributed by atoms with van der Waals surface area (Å²) in [5, 5.41) is 0. The summed E-state index contributed by atoms with van der Waals surface area (Å²) in [6.45, 7) is 2.70. The number of nitrogens with zero attached hydrogens (tertiary/aromatic N) is 1. The van der Waals surface area contributed by atoms with Crippen molar-refractivity contribution in [3.05, 3.63) is 0 Å². The molecule has 68 valence electrons. The monoisotopic (exact) mass is 271 g/mol. The van der Waals surface area contributed by atoms with Gasteiger partial charge in [0, 0.05) is 6.42 Å². The number of Topliss-reactive ketones (excluding diaryl/α,β-unsaturated/α-hetero) is 1. The molecular formula is C8H18INO. The van der Waals surface area contributed by atoms with Crippen molar-refractivity contribution < 1.29 is 33.3 Å². The number of quaternary nitrogens is 1. The number of likely N-dealkylation sites (N-methyl/N-ethyl adjacent to an activating group) is 1. The molecule has 0 fully saturated rings. The second-order valence-electron chi connectivity index (χ2n) is 3.74. The fourth-order valence-corrected chi connectivity index (χ4v) is 0.887.